The number of sulfonamides is 1. The molecule has 1 aliphatic heterocycles. The van der Waals surface area contributed by atoms with E-state index >= 15 is 0 Å². The molecule has 1 unspecified atom stereocenters. The third-order valence-electron chi connectivity index (χ3n) is 3.87. The van der Waals surface area contributed by atoms with Crippen LogP contribution < -0.4 is 9.62 Å². The average Bonchev–Trinajstić information content (AvgIpc) is 2.47. The maximum atomic E-state index is 12.0. The topological polar surface area (TPSA) is 75.2 Å². The molecule has 0 aromatic carbocycles. The van der Waals surface area contributed by atoms with E-state index in [1.807, 2.05) is 6.07 Å². The fraction of sp³-hybridized carbons (Fsp3) is 0.733. The molecule has 1 aromatic rings. The van der Waals surface area contributed by atoms with E-state index in [4.69, 9.17) is 0 Å². The van der Waals surface area contributed by atoms with E-state index in [1.54, 1.807) is 20.0 Å². The fourth-order valence-corrected chi connectivity index (χ4v) is 3.40. The number of aromatic nitrogens is 2. The molecule has 1 aliphatic rings. The molecular weight excluding hydrogens is 300 g/mol. The van der Waals surface area contributed by atoms with Gasteiger partial charge in [-0.1, -0.05) is 13.8 Å². The highest BCUT2D eigenvalue weighted by molar-refractivity contribution is 7.90. The molecule has 7 heteroatoms. The average molecular weight is 326 g/mol. The van der Waals surface area contributed by atoms with Crippen molar-refractivity contribution in [3.63, 3.8) is 0 Å². The highest BCUT2D eigenvalue weighted by Gasteiger charge is 2.26. The second kappa shape index (κ2) is 6.91. The van der Waals surface area contributed by atoms with Gasteiger partial charge in [-0.15, -0.1) is 0 Å². The molecule has 0 saturated carbocycles. The third kappa shape index (κ3) is 4.16. The molecule has 1 fully saturated rings. The second-order valence-electron chi connectivity index (χ2n) is 6.42. The van der Waals surface area contributed by atoms with Crippen LogP contribution in [-0.4, -0.2) is 42.8 Å². The van der Waals surface area contributed by atoms with Gasteiger partial charge in [-0.05, 0) is 32.8 Å². The number of nitrogens with one attached hydrogen (secondary N) is 1. The summed E-state index contributed by atoms with van der Waals surface area (Å²) in [6.45, 7) is 9.07. The van der Waals surface area contributed by atoms with Gasteiger partial charge in [-0.2, -0.15) is 0 Å². The van der Waals surface area contributed by atoms with E-state index in [-0.39, 0.29) is 12.0 Å². The molecular formula is C15H26N4O2S. The minimum absolute atomic E-state index is 0.0568. The molecule has 22 heavy (non-hydrogen) atoms. The van der Waals surface area contributed by atoms with Gasteiger partial charge in [0.25, 0.3) is 0 Å². The van der Waals surface area contributed by atoms with Gasteiger partial charge in [0.05, 0.1) is 5.25 Å². The summed E-state index contributed by atoms with van der Waals surface area (Å²) in [4.78, 5) is 11.0. The molecule has 0 amide bonds. The van der Waals surface area contributed by atoms with Crippen LogP contribution in [0.4, 0.5) is 5.82 Å². The van der Waals surface area contributed by atoms with Crippen LogP contribution in [0.5, 0.6) is 0 Å². The first-order valence-corrected chi connectivity index (χ1v) is 9.43. The van der Waals surface area contributed by atoms with Gasteiger partial charge in [0, 0.05) is 31.2 Å². The summed E-state index contributed by atoms with van der Waals surface area (Å²) < 4.78 is 26.9. The summed E-state index contributed by atoms with van der Waals surface area (Å²) in [6, 6.07) is 1.84. The second-order valence-corrected chi connectivity index (χ2v) is 8.69. The number of rotatable bonds is 5. The Hall–Kier alpha value is -1.21. The van der Waals surface area contributed by atoms with Crippen molar-refractivity contribution in [2.75, 3.05) is 18.0 Å². The summed E-state index contributed by atoms with van der Waals surface area (Å²) in [5.74, 6) is 1.98. The van der Waals surface area contributed by atoms with Crippen LogP contribution in [0.25, 0.3) is 0 Å². The van der Waals surface area contributed by atoms with Crippen molar-refractivity contribution in [3.8, 4) is 0 Å². The standard InChI is InChI=1S/C15H26N4O2S/c1-11(2)15-16-8-7-14(17-15)19-9-5-6-13(10-19)18-22(20,21)12(3)4/h7-8,11-13,18H,5-6,9-10H2,1-4H3. The predicted octanol–water partition coefficient (Wildman–Crippen LogP) is 1.90. The Bertz CT molecular complexity index is 601. The van der Waals surface area contributed by atoms with E-state index in [9.17, 15) is 8.42 Å². The van der Waals surface area contributed by atoms with Crippen LogP contribution in [0.3, 0.4) is 0 Å². The largest absolute Gasteiger partial charge is 0.355 e. The summed E-state index contributed by atoms with van der Waals surface area (Å²) >= 11 is 0. The summed E-state index contributed by atoms with van der Waals surface area (Å²) in [6.07, 6.45) is 3.59. The van der Waals surface area contributed by atoms with Crippen molar-refractivity contribution in [1.29, 1.82) is 0 Å². The normalized spacial score (nSPS) is 19.9. The molecule has 6 nitrogen and oxygen atoms in total. The smallest absolute Gasteiger partial charge is 0.214 e. The minimum Gasteiger partial charge on any atom is -0.355 e. The van der Waals surface area contributed by atoms with Crippen molar-refractivity contribution in [1.82, 2.24) is 14.7 Å². The Morgan fingerprint density at radius 2 is 2.05 bits per heavy atom. The van der Waals surface area contributed by atoms with Crippen LogP contribution in [-0.2, 0) is 10.0 Å². The fourth-order valence-electron chi connectivity index (χ4n) is 2.47. The van der Waals surface area contributed by atoms with Crippen molar-refractivity contribution < 1.29 is 8.42 Å². The number of hydrogen-bond donors (Lipinski definition) is 1. The lowest BCUT2D eigenvalue weighted by molar-refractivity contribution is 0.461. The molecule has 1 atom stereocenters. The molecule has 1 aromatic heterocycles. The first-order valence-electron chi connectivity index (χ1n) is 7.88. The maximum Gasteiger partial charge on any atom is 0.214 e. The van der Waals surface area contributed by atoms with Gasteiger partial charge < -0.3 is 4.90 Å². The third-order valence-corrected chi connectivity index (χ3v) is 5.78. The van der Waals surface area contributed by atoms with Crippen molar-refractivity contribution >= 4 is 15.8 Å². The van der Waals surface area contributed by atoms with Gasteiger partial charge in [-0.25, -0.2) is 23.1 Å². The quantitative estimate of drug-likeness (QED) is 0.894. The number of piperidine rings is 1. The minimum atomic E-state index is -3.23. The molecule has 0 radical (unpaired) electrons. The first kappa shape index (κ1) is 17.1. The molecule has 0 aliphatic carbocycles. The van der Waals surface area contributed by atoms with E-state index in [1.165, 1.54) is 0 Å². The monoisotopic (exact) mass is 326 g/mol. The molecule has 1 saturated heterocycles. The Labute approximate surface area is 133 Å². The highest BCUT2D eigenvalue weighted by Crippen LogP contribution is 2.20. The summed E-state index contributed by atoms with van der Waals surface area (Å²) in [5.41, 5.74) is 0. The van der Waals surface area contributed by atoms with E-state index < -0.39 is 15.3 Å². The number of anilines is 1. The van der Waals surface area contributed by atoms with Crippen LogP contribution in [0.1, 0.15) is 52.3 Å². The zero-order chi connectivity index (χ0) is 16.3. The van der Waals surface area contributed by atoms with Crippen LogP contribution in [0.15, 0.2) is 12.3 Å². The molecule has 1 N–H and O–H groups in total. The Morgan fingerprint density at radius 1 is 1.32 bits per heavy atom. The van der Waals surface area contributed by atoms with Gasteiger partial charge in [0.2, 0.25) is 10.0 Å². The zero-order valence-corrected chi connectivity index (χ0v) is 14.6. The Morgan fingerprint density at radius 3 is 2.68 bits per heavy atom. The summed E-state index contributed by atoms with van der Waals surface area (Å²) in [7, 11) is -3.23. The van der Waals surface area contributed by atoms with Gasteiger partial charge >= 0.3 is 0 Å². The van der Waals surface area contributed by atoms with Crippen molar-refractivity contribution in [3.05, 3.63) is 18.1 Å². The van der Waals surface area contributed by atoms with E-state index in [2.05, 4.69) is 33.4 Å². The van der Waals surface area contributed by atoms with E-state index in [0.29, 0.717) is 6.54 Å². The van der Waals surface area contributed by atoms with Crippen LogP contribution in [0.2, 0.25) is 0 Å². The lowest BCUT2D eigenvalue weighted by Gasteiger charge is -2.34. The van der Waals surface area contributed by atoms with Crippen LogP contribution >= 0.6 is 0 Å². The van der Waals surface area contributed by atoms with Crippen molar-refractivity contribution in [2.24, 2.45) is 0 Å². The molecule has 0 spiro atoms. The van der Waals surface area contributed by atoms with Gasteiger partial charge in [-0.3, -0.25) is 0 Å². The SMILES string of the molecule is CC(C)c1nccc(N2CCCC(NS(=O)(=O)C(C)C)C2)n1. The Balaban J connectivity index is 2.09. The van der Waals surface area contributed by atoms with Crippen molar-refractivity contribution in [2.45, 2.75) is 57.7 Å². The number of nitrogens with zero attached hydrogens (tertiary/aromatic N) is 3. The Kier molecular flexibility index (Phi) is 5.39. The lowest BCUT2D eigenvalue weighted by Crippen LogP contribution is -2.49. The highest BCUT2D eigenvalue weighted by atomic mass is 32.2. The molecule has 2 rings (SSSR count). The van der Waals surface area contributed by atoms with Crippen LogP contribution in [0, 0.1) is 0 Å². The molecule has 124 valence electrons. The zero-order valence-electron chi connectivity index (χ0n) is 13.8. The molecule has 0 bridgehead atoms. The molecule has 2 heterocycles. The van der Waals surface area contributed by atoms with Gasteiger partial charge in [0.15, 0.2) is 0 Å². The lowest BCUT2D eigenvalue weighted by atomic mass is 10.1. The first-order chi connectivity index (χ1) is 10.3. The predicted molar refractivity (Wildman–Crippen MR) is 88.5 cm³/mol. The number of hydrogen-bond acceptors (Lipinski definition) is 5. The maximum absolute atomic E-state index is 12.0. The summed E-state index contributed by atoms with van der Waals surface area (Å²) in [5, 5.41) is -0.408. The van der Waals surface area contributed by atoms with Gasteiger partial charge in [0.1, 0.15) is 11.6 Å². The van der Waals surface area contributed by atoms with E-state index in [0.717, 1.165) is 31.0 Å².